The average Bonchev–Trinajstić information content (AvgIpc) is 2.97. The van der Waals surface area contributed by atoms with Gasteiger partial charge in [0.1, 0.15) is 34.5 Å². The minimum atomic E-state index is -5.27. The molecule has 0 heterocycles. The highest BCUT2D eigenvalue weighted by molar-refractivity contribution is 5.65. The molecule has 0 fully saturated rings. The Morgan fingerprint density at radius 1 is 0.521 bits per heavy atom. The molecule has 258 valence electrons. The van der Waals surface area contributed by atoms with Crippen molar-refractivity contribution in [3.63, 3.8) is 0 Å². The van der Waals surface area contributed by atoms with Gasteiger partial charge < -0.3 is 14.2 Å². The van der Waals surface area contributed by atoms with Crippen LogP contribution in [0.4, 0.5) is 48.3 Å². The molecule has 0 unspecified atom stereocenters. The van der Waals surface area contributed by atoms with Crippen LogP contribution in [0.3, 0.4) is 0 Å². The zero-order valence-corrected chi connectivity index (χ0v) is 25.1. The van der Waals surface area contributed by atoms with Crippen LogP contribution in [0.25, 0.3) is 11.1 Å². The van der Waals surface area contributed by atoms with Gasteiger partial charge in [-0.2, -0.15) is 17.6 Å². The van der Waals surface area contributed by atoms with Crippen LogP contribution in [0.1, 0.15) is 55.7 Å². The lowest BCUT2D eigenvalue weighted by molar-refractivity contribution is -0.275. The van der Waals surface area contributed by atoms with Crippen molar-refractivity contribution in [3.8, 4) is 28.4 Å². The molecule has 4 rings (SSSR count). The molecular weight excluding hydrogens is 665 g/mol. The quantitative estimate of drug-likeness (QED) is 0.0973. The standard InChI is InChI=1S/C34H27F11O3/c1-2-3-4-5-6-7-20-8-12-24(27(35)16-20)21-9-13-25(28(36)17-21)32(39,40)46-22-10-14-26(29(37)18-22)33(41,42)47-23-11-15-31(30(38)19-23)48-34(43,44)45/h8-19H,2-7H2,1H3. The second-order valence-corrected chi connectivity index (χ2v) is 10.7. The molecule has 4 aromatic rings. The molecule has 0 radical (unpaired) electrons. The predicted molar refractivity (Wildman–Crippen MR) is 153 cm³/mol. The Morgan fingerprint density at radius 3 is 1.62 bits per heavy atom. The molecule has 0 aliphatic rings. The Kier molecular flexibility index (Phi) is 11.2. The molecule has 48 heavy (non-hydrogen) atoms. The van der Waals surface area contributed by atoms with Crippen LogP contribution in [0.2, 0.25) is 0 Å². The molecule has 0 N–H and O–H groups in total. The van der Waals surface area contributed by atoms with E-state index in [1.54, 1.807) is 6.07 Å². The number of alkyl halides is 7. The first-order valence-electron chi connectivity index (χ1n) is 14.6. The zero-order chi connectivity index (χ0) is 35.3. The summed E-state index contributed by atoms with van der Waals surface area (Å²) in [7, 11) is 0. The van der Waals surface area contributed by atoms with Gasteiger partial charge in [0.2, 0.25) is 0 Å². The summed E-state index contributed by atoms with van der Waals surface area (Å²) < 4.78 is 166. The number of ether oxygens (including phenoxy) is 3. The Labute approximate surface area is 267 Å². The molecule has 0 amide bonds. The van der Waals surface area contributed by atoms with E-state index < -0.39 is 70.2 Å². The summed E-state index contributed by atoms with van der Waals surface area (Å²) in [6, 6.07) is 8.62. The smallest absolute Gasteiger partial charge is 0.429 e. The van der Waals surface area contributed by atoms with Crippen molar-refractivity contribution in [3.05, 3.63) is 113 Å². The van der Waals surface area contributed by atoms with E-state index >= 15 is 0 Å². The molecule has 0 atom stereocenters. The van der Waals surface area contributed by atoms with E-state index in [2.05, 4.69) is 21.1 Å². The minimum absolute atomic E-state index is 0.0338. The normalized spacial score (nSPS) is 12.2. The fraction of sp³-hybridized carbons (Fsp3) is 0.294. The summed E-state index contributed by atoms with van der Waals surface area (Å²) in [5, 5.41) is 0. The monoisotopic (exact) mass is 692 g/mol. The maximum Gasteiger partial charge on any atom is 0.573 e. The van der Waals surface area contributed by atoms with Crippen LogP contribution < -0.4 is 14.2 Å². The number of unbranched alkanes of at least 4 members (excludes halogenated alkanes) is 4. The van der Waals surface area contributed by atoms with E-state index in [1.165, 1.54) is 12.1 Å². The Hall–Kier alpha value is -4.49. The molecule has 0 aliphatic carbocycles. The summed E-state index contributed by atoms with van der Waals surface area (Å²) in [6.45, 7) is 2.09. The van der Waals surface area contributed by atoms with Gasteiger partial charge in [-0.05, 0) is 66.4 Å². The van der Waals surface area contributed by atoms with Gasteiger partial charge in [0.15, 0.2) is 11.6 Å². The maximum absolute atomic E-state index is 14.9. The second-order valence-electron chi connectivity index (χ2n) is 10.7. The Balaban J connectivity index is 1.45. The topological polar surface area (TPSA) is 27.7 Å². The number of aryl methyl sites for hydroxylation is 1. The van der Waals surface area contributed by atoms with Crippen LogP contribution >= 0.6 is 0 Å². The number of hydrogen-bond acceptors (Lipinski definition) is 3. The molecule has 0 saturated carbocycles. The second kappa shape index (κ2) is 14.7. The van der Waals surface area contributed by atoms with E-state index in [9.17, 15) is 48.3 Å². The van der Waals surface area contributed by atoms with Crippen molar-refractivity contribution in [2.45, 2.75) is 64.0 Å². The van der Waals surface area contributed by atoms with Crippen LogP contribution in [-0.2, 0) is 18.6 Å². The zero-order valence-electron chi connectivity index (χ0n) is 25.1. The maximum atomic E-state index is 14.9. The summed E-state index contributed by atoms with van der Waals surface area (Å²) in [5.41, 5.74) is -2.19. The molecule has 3 nitrogen and oxygen atoms in total. The highest BCUT2D eigenvalue weighted by Gasteiger charge is 2.41. The van der Waals surface area contributed by atoms with Crippen LogP contribution in [0.15, 0.2) is 72.8 Å². The van der Waals surface area contributed by atoms with Gasteiger partial charge in [0.05, 0.1) is 5.56 Å². The predicted octanol–water partition coefficient (Wildman–Crippen LogP) is 11.6. The van der Waals surface area contributed by atoms with Crippen LogP contribution in [-0.4, -0.2) is 6.36 Å². The Bertz CT molecular complexity index is 1720. The first-order valence-corrected chi connectivity index (χ1v) is 14.6. The van der Waals surface area contributed by atoms with E-state index in [-0.39, 0.29) is 23.3 Å². The average molecular weight is 693 g/mol. The molecule has 4 aromatic carbocycles. The largest absolute Gasteiger partial charge is 0.573 e. The highest BCUT2D eigenvalue weighted by atomic mass is 19.4. The highest BCUT2D eigenvalue weighted by Crippen LogP contribution is 2.39. The van der Waals surface area contributed by atoms with Gasteiger partial charge in [-0.15, -0.1) is 13.2 Å². The molecule has 0 aromatic heterocycles. The Morgan fingerprint density at radius 2 is 1.08 bits per heavy atom. The SMILES string of the molecule is CCCCCCCc1ccc(-c2ccc(C(F)(F)Oc3ccc(C(F)(F)Oc4ccc(OC(F)(F)F)c(F)c4)c(F)c3)c(F)c2)c(F)c1. The first kappa shape index (κ1) is 36.3. The van der Waals surface area contributed by atoms with Crippen molar-refractivity contribution in [1.29, 1.82) is 0 Å². The van der Waals surface area contributed by atoms with Crippen LogP contribution in [0.5, 0.6) is 17.2 Å². The third-order valence-electron chi connectivity index (χ3n) is 7.07. The molecule has 0 bridgehead atoms. The lowest BCUT2D eigenvalue weighted by atomic mass is 9.99. The molecule has 0 spiro atoms. The lowest BCUT2D eigenvalue weighted by Crippen LogP contribution is -2.25. The molecule has 0 aliphatic heterocycles. The third-order valence-corrected chi connectivity index (χ3v) is 7.07. The van der Waals surface area contributed by atoms with Crippen molar-refractivity contribution in [1.82, 2.24) is 0 Å². The van der Waals surface area contributed by atoms with Crippen LogP contribution in [0, 0.1) is 23.3 Å². The third kappa shape index (κ3) is 9.32. The number of benzene rings is 4. The van der Waals surface area contributed by atoms with Gasteiger partial charge >= 0.3 is 18.6 Å². The molecular formula is C34H27F11O3. The lowest BCUT2D eigenvalue weighted by Gasteiger charge is -2.21. The van der Waals surface area contributed by atoms with Crippen molar-refractivity contribution in [2.75, 3.05) is 0 Å². The van der Waals surface area contributed by atoms with E-state index in [4.69, 9.17) is 0 Å². The van der Waals surface area contributed by atoms with Crippen molar-refractivity contribution < 1.29 is 62.5 Å². The van der Waals surface area contributed by atoms with Gasteiger partial charge in [0, 0.05) is 17.7 Å². The first-order chi connectivity index (χ1) is 22.5. The number of halogens is 11. The molecule has 0 saturated heterocycles. The van der Waals surface area contributed by atoms with Gasteiger partial charge in [0.25, 0.3) is 0 Å². The fourth-order valence-corrected chi connectivity index (χ4v) is 4.75. The van der Waals surface area contributed by atoms with Crippen molar-refractivity contribution in [2.24, 2.45) is 0 Å². The van der Waals surface area contributed by atoms with E-state index in [0.717, 1.165) is 43.7 Å². The van der Waals surface area contributed by atoms with Gasteiger partial charge in [-0.3, -0.25) is 0 Å². The fourth-order valence-electron chi connectivity index (χ4n) is 4.75. The number of rotatable bonds is 14. The van der Waals surface area contributed by atoms with Crippen molar-refractivity contribution >= 4 is 0 Å². The van der Waals surface area contributed by atoms with E-state index in [1.807, 2.05) is 0 Å². The summed E-state index contributed by atoms with van der Waals surface area (Å²) in [6.07, 6.45) is -8.54. The summed E-state index contributed by atoms with van der Waals surface area (Å²) in [4.78, 5) is 0. The minimum Gasteiger partial charge on any atom is -0.429 e. The van der Waals surface area contributed by atoms with E-state index in [0.29, 0.717) is 42.8 Å². The van der Waals surface area contributed by atoms with Gasteiger partial charge in [-0.1, -0.05) is 50.8 Å². The molecule has 14 heteroatoms. The number of hydrogen-bond donors (Lipinski definition) is 0. The van der Waals surface area contributed by atoms with Gasteiger partial charge in [-0.25, -0.2) is 17.6 Å². The summed E-state index contributed by atoms with van der Waals surface area (Å²) in [5.74, 6) is -9.09. The summed E-state index contributed by atoms with van der Waals surface area (Å²) >= 11 is 0.